The molecule has 0 saturated heterocycles. The number of benzene rings is 8. The molecule has 0 aliphatic heterocycles. The van der Waals surface area contributed by atoms with Crippen LogP contribution in [0.5, 0.6) is 0 Å². The number of imidazole rings is 1. The summed E-state index contributed by atoms with van der Waals surface area (Å²) in [6.07, 6.45) is 11.8. The van der Waals surface area contributed by atoms with Crippen LogP contribution < -0.4 is 0 Å². The predicted octanol–water partition coefficient (Wildman–Crippen LogP) is 16.8. The number of fused-ring (bicyclic) bond motifs is 6. The van der Waals surface area contributed by atoms with Crippen LogP contribution >= 0.6 is 0 Å². The molecular weight excluding hydrogens is 1070 g/mol. The van der Waals surface area contributed by atoms with Crippen LogP contribution in [0.4, 0.5) is 0 Å². The molecule has 0 bridgehead atoms. The number of furan rings is 1. The van der Waals surface area contributed by atoms with E-state index in [2.05, 4.69) is 188 Å². The second kappa shape index (κ2) is 21.9. The smallest absolute Gasteiger partial charge is 0.501 e. The van der Waals surface area contributed by atoms with Gasteiger partial charge in [-0.2, -0.15) is 0 Å². The summed E-state index contributed by atoms with van der Waals surface area (Å²) in [4.78, 5) is 13.9. The van der Waals surface area contributed by atoms with Crippen LogP contribution in [0.2, 0.25) is 0 Å². The van der Waals surface area contributed by atoms with Gasteiger partial charge < -0.3 is 19.0 Å². The van der Waals surface area contributed by atoms with Gasteiger partial charge in [-0.1, -0.05) is 142 Å². The number of aryl methyl sites for hydroxylation is 4. The van der Waals surface area contributed by atoms with Crippen molar-refractivity contribution < 1.29 is 24.5 Å². The molecule has 5 nitrogen and oxygen atoms in total. The quantitative estimate of drug-likeness (QED) is 0.0904. The van der Waals surface area contributed by atoms with Crippen LogP contribution in [0.3, 0.4) is 0 Å². The van der Waals surface area contributed by atoms with Gasteiger partial charge in [-0.15, -0.1) is 89.5 Å². The third-order valence-electron chi connectivity index (χ3n) is 13.8. The minimum atomic E-state index is 0. The number of hydrogen-bond donors (Lipinski definition) is 0. The van der Waals surface area contributed by atoms with Crippen molar-refractivity contribution in [1.82, 2.24) is 19.5 Å². The largest absolute Gasteiger partial charge is 3.00 e. The first-order valence-electron chi connectivity index (χ1n) is 25.1. The van der Waals surface area contributed by atoms with E-state index in [-0.39, 0.29) is 20.1 Å². The molecule has 12 rings (SSSR count). The molecule has 0 unspecified atom stereocenters. The van der Waals surface area contributed by atoms with E-state index in [1.54, 1.807) is 0 Å². The van der Waals surface area contributed by atoms with Crippen LogP contribution in [-0.4, -0.2) is 19.5 Å². The second-order valence-corrected chi connectivity index (χ2v) is 19.2. The Morgan fingerprint density at radius 3 is 1.92 bits per heavy atom. The molecule has 4 heterocycles. The van der Waals surface area contributed by atoms with Gasteiger partial charge in [-0.3, -0.25) is 4.98 Å². The molecule has 0 atom stereocenters. The van der Waals surface area contributed by atoms with E-state index >= 15 is 0 Å². The first-order chi connectivity index (χ1) is 35.3. The van der Waals surface area contributed by atoms with Gasteiger partial charge in [0, 0.05) is 35.9 Å². The van der Waals surface area contributed by atoms with Gasteiger partial charge in [0.05, 0.1) is 11.4 Å². The summed E-state index contributed by atoms with van der Waals surface area (Å²) in [5.74, 6) is 1.61. The number of rotatable bonds is 12. The van der Waals surface area contributed by atoms with Crippen LogP contribution in [0.1, 0.15) is 72.9 Å². The maximum Gasteiger partial charge on any atom is 3.00 e. The molecule has 0 aliphatic rings. The van der Waals surface area contributed by atoms with E-state index in [0.717, 1.165) is 81.5 Å². The van der Waals surface area contributed by atoms with Crippen molar-refractivity contribution in [2.24, 2.45) is 0 Å². The van der Waals surface area contributed by atoms with Crippen molar-refractivity contribution >= 4 is 43.5 Å². The maximum absolute atomic E-state index is 6.63. The third kappa shape index (κ3) is 10.5. The SMILES string of the molecule is CC(C)c1cccc(C(C)C)c1-n1ccnc1-c1[c-]ccc2c1oc1cc3c(ccc4ccccc43)cc12.[Ir+3].[c-]1ccccc1-c1ccc(CCc2cccc(CCc3cc[c-]c(-c4ccccn4)c3)c2)cn1. The number of nitrogens with zero attached hydrogens (tertiary/aromatic N) is 4. The Balaban J connectivity index is 0.000000166. The number of para-hydroxylation sites is 1. The summed E-state index contributed by atoms with van der Waals surface area (Å²) in [6.45, 7) is 9.00. The summed E-state index contributed by atoms with van der Waals surface area (Å²) in [6, 6.07) is 71.7. The van der Waals surface area contributed by atoms with Crippen LogP contribution in [0, 0.1) is 18.2 Å². The third-order valence-corrected chi connectivity index (χ3v) is 13.8. The minimum absolute atomic E-state index is 0. The van der Waals surface area contributed by atoms with Crippen molar-refractivity contribution in [3.05, 3.63) is 252 Å². The molecule has 12 aromatic rings. The average molecular weight is 1120 g/mol. The number of hydrogen-bond acceptors (Lipinski definition) is 4. The molecule has 0 radical (unpaired) electrons. The molecule has 6 heteroatoms. The summed E-state index contributed by atoms with van der Waals surface area (Å²) >= 11 is 0. The van der Waals surface area contributed by atoms with Crippen molar-refractivity contribution in [1.29, 1.82) is 0 Å². The molecule has 8 aromatic carbocycles. The molecule has 0 saturated carbocycles. The minimum Gasteiger partial charge on any atom is -0.501 e. The van der Waals surface area contributed by atoms with Crippen molar-refractivity contribution in [3.8, 4) is 39.6 Å². The molecule has 73 heavy (non-hydrogen) atoms. The molecule has 0 N–H and O–H groups in total. The topological polar surface area (TPSA) is 56.7 Å². The molecule has 4 aromatic heterocycles. The van der Waals surface area contributed by atoms with Crippen molar-refractivity contribution in [2.75, 3.05) is 0 Å². The standard InChI is InChI=1S/C35H29N2O.C32H26N2.Ir/c1-21(2)25-11-7-12-26(22(3)4)33(25)37-18-17-36-35(37)29-14-8-13-28-31-19-24-16-15-23-9-5-6-10-27(23)30(24)20-32(31)38-34(28)29;1-2-11-29(12-3-1)32-20-19-28(24-34-32)18-17-26-9-6-8-25(22-26)15-16-27-10-7-13-30(23-27)31-14-4-5-21-33-31;/h5-13,15-22H,1-4H3;1-11,14,19-24H,15-18H2;/q-1;-2;+3. The first kappa shape index (κ1) is 48.8. The molecule has 0 aliphatic carbocycles. The van der Waals surface area contributed by atoms with Crippen LogP contribution in [0.15, 0.2) is 205 Å². The van der Waals surface area contributed by atoms with E-state index < -0.39 is 0 Å². The normalized spacial score (nSPS) is 11.4. The van der Waals surface area contributed by atoms with E-state index in [9.17, 15) is 0 Å². The predicted molar refractivity (Wildman–Crippen MR) is 297 cm³/mol. The van der Waals surface area contributed by atoms with Crippen molar-refractivity contribution in [2.45, 2.75) is 65.2 Å². The van der Waals surface area contributed by atoms with E-state index in [4.69, 9.17) is 9.40 Å². The average Bonchev–Trinajstić information content (AvgIpc) is 4.07. The fourth-order valence-electron chi connectivity index (χ4n) is 10.0. The summed E-state index contributed by atoms with van der Waals surface area (Å²) < 4.78 is 8.86. The van der Waals surface area contributed by atoms with Gasteiger partial charge in [-0.25, -0.2) is 0 Å². The van der Waals surface area contributed by atoms with Gasteiger partial charge in [0.15, 0.2) is 0 Å². The Morgan fingerprint density at radius 2 is 1.18 bits per heavy atom. The van der Waals surface area contributed by atoms with Gasteiger partial charge >= 0.3 is 20.1 Å². The Labute approximate surface area is 442 Å². The van der Waals surface area contributed by atoms with E-state index in [1.807, 2.05) is 73.2 Å². The molecule has 358 valence electrons. The zero-order chi connectivity index (χ0) is 49.0. The molecule has 0 amide bonds. The van der Waals surface area contributed by atoms with Crippen LogP contribution in [0.25, 0.3) is 83.1 Å². The summed E-state index contributed by atoms with van der Waals surface area (Å²) in [7, 11) is 0. The first-order valence-corrected chi connectivity index (χ1v) is 25.1. The zero-order valence-corrected chi connectivity index (χ0v) is 44.0. The second-order valence-electron chi connectivity index (χ2n) is 19.2. The number of aromatic nitrogens is 4. The maximum atomic E-state index is 6.63. The van der Waals surface area contributed by atoms with Gasteiger partial charge in [-0.05, 0) is 116 Å². The van der Waals surface area contributed by atoms with E-state index in [1.165, 1.54) is 60.6 Å². The Kier molecular flexibility index (Phi) is 14.7. The van der Waals surface area contributed by atoms with Gasteiger partial charge in [0.25, 0.3) is 0 Å². The molecule has 0 spiro atoms. The fourth-order valence-corrected chi connectivity index (χ4v) is 10.0. The summed E-state index contributed by atoms with van der Waals surface area (Å²) in [5, 5.41) is 7.08. The van der Waals surface area contributed by atoms with Gasteiger partial charge in [0.2, 0.25) is 0 Å². The Morgan fingerprint density at radius 1 is 0.479 bits per heavy atom. The monoisotopic (exact) mass is 1120 g/mol. The zero-order valence-electron chi connectivity index (χ0n) is 41.6. The van der Waals surface area contributed by atoms with Gasteiger partial charge in [0.1, 0.15) is 5.58 Å². The Bertz CT molecular complexity index is 3790. The Hall–Kier alpha value is -7.76. The fraction of sp³-hybridized carbons (Fsp3) is 0.149. The van der Waals surface area contributed by atoms with Crippen molar-refractivity contribution in [3.63, 3.8) is 0 Å². The van der Waals surface area contributed by atoms with Crippen LogP contribution in [-0.2, 0) is 45.8 Å². The molecular formula is C67H55IrN4O. The summed E-state index contributed by atoms with van der Waals surface area (Å²) in [5.41, 5.74) is 15.8. The molecule has 0 fully saturated rings. The van der Waals surface area contributed by atoms with E-state index in [0.29, 0.717) is 11.8 Å². The number of pyridine rings is 2.